The van der Waals surface area contributed by atoms with Crippen molar-refractivity contribution in [2.24, 2.45) is 5.16 Å². The first-order chi connectivity index (χ1) is 12.9. The minimum Gasteiger partial charge on any atom is -0.357 e. The molecule has 5 nitrogen and oxygen atoms in total. The predicted octanol–water partition coefficient (Wildman–Crippen LogP) is 4.68. The second-order valence-electron chi connectivity index (χ2n) is 5.36. The minimum atomic E-state index is 0.684. The first-order valence-corrected chi connectivity index (χ1v) is 8.79. The Morgan fingerprint density at radius 2 is 1.85 bits per heavy atom. The van der Waals surface area contributed by atoms with Gasteiger partial charge in [0.25, 0.3) is 0 Å². The van der Waals surface area contributed by atoms with E-state index in [1.165, 1.54) is 0 Å². The Morgan fingerprint density at radius 3 is 2.69 bits per heavy atom. The number of benzene rings is 1. The van der Waals surface area contributed by atoms with E-state index in [-0.39, 0.29) is 0 Å². The van der Waals surface area contributed by atoms with E-state index in [0.717, 1.165) is 26.8 Å². The molecule has 3 heterocycles. The summed E-state index contributed by atoms with van der Waals surface area (Å²) in [6.07, 6.45) is 6.98. The van der Waals surface area contributed by atoms with Crippen molar-refractivity contribution in [3.8, 4) is 26.9 Å². The Morgan fingerprint density at radius 1 is 0.923 bits per heavy atom. The molecule has 0 bridgehead atoms. The number of hydrogen-bond acceptors (Lipinski definition) is 6. The van der Waals surface area contributed by atoms with Crippen LogP contribution in [0.2, 0.25) is 0 Å². The third kappa shape index (κ3) is 3.81. The van der Waals surface area contributed by atoms with E-state index in [1.54, 1.807) is 29.9 Å². The van der Waals surface area contributed by atoms with Gasteiger partial charge in [-0.05, 0) is 36.4 Å². The van der Waals surface area contributed by atoms with E-state index in [9.17, 15) is 0 Å². The van der Waals surface area contributed by atoms with Crippen LogP contribution in [0.1, 0.15) is 5.69 Å². The second kappa shape index (κ2) is 7.67. The molecule has 0 N–H and O–H groups in total. The maximum atomic E-state index is 5.33. The Bertz CT molecular complexity index is 1020. The van der Waals surface area contributed by atoms with Gasteiger partial charge in [0.05, 0.1) is 22.5 Å². The van der Waals surface area contributed by atoms with Crippen LogP contribution in [0.15, 0.2) is 84.4 Å². The SMILES string of the molecule is C(=N\Oc1ccccc1)/c1cccc(-c2cnc(-c3cccnc3)s2)n1. The molecule has 0 fully saturated rings. The number of rotatable bonds is 5. The van der Waals surface area contributed by atoms with Crippen LogP contribution in [-0.2, 0) is 0 Å². The van der Waals surface area contributed by atoms with Gasteiger partial charge in [-0.2, -0.15) is 0 Å². The molecular weight excluding hydrogens is 344 g/mol. The molecule has 4 rings (SSSR count). The fourth-order valence-electron chi connectivity index (χ4n) is 2.30. The van der Waals surface area contributed by atoms with Gasteiger partial charge >= 0.3 is 0 Å². The molecule has 0 radical (unpaired) electrons. The topological polar surface area (TPSA) is 60.3 Å². The minimum absolute atomic E-state index is 0.684. The third-order valence-electron chi connectivity index (χ3n) is 3.52. The first kappa shape index (κ1) is 16.1. The molecule has 6 heteroatoms. The summed E-state index contributed by atoms with van der Waals surface area (Å²) in [5, 5.41) is 4.91. The highest BCUT2D eigenvalue weighted by molar-refractivity contribution is 7.18. The van der Waals surface area contributed by atoms with Crippen LogP contribution in [0, 0.1) is 0 Å². The normalized spacial score (nSPS) is 10.9. The summed E-state index contributed by atoms with van der Waals surface area (Å²) in [6, 6.07) is 19.1. The molecule has 0 saturated carbocycles. The lowest BCUT2D eigenvalue weighted by Crippen LogP contribution is -1.91. The highest BCUT2D eigenvalue weighted by atomic mass is 32.1. The van der Waals surface area contributed by atoms with Gasteiger partial charge in [-0.1, -0.05) is 29.4 Å². The van der Waals surface area contributed by atoms with Crippen molar-refractivity contribution in [3.63, 3.8) is 0 Å². The van der Waals surface area contributed by atoms with Crippen LogP contribution >= 0.6 is 11.3 Å². The Hall–Kier alpha value is -3.38. The highest BCUT2D eigenvalue weighted by Gasteiger charge is 2.08. The molecule has 1 aromatic carbocycles. The van der Waals surface area contributed by atoms with Gasteiger partial charge in [0, 0.05) is 24.2 Å². The number of oxime groups is 1. The molecule has 0 spiro atoms. The quantitative estimate of drug-likeness (QED) is 0.384. The average molecular weight is 358 g/mol. The maximum Gasteiger partial charge on any atom is 0.157 e. The molecule has 0 saturated heterocycles. The van der Waals surface area contributed by atoms with Gasteiger partial charge in [-0.3, -0.25) is 4.98 Å². The van der Waals surface area contributed by atoms with Crippen LogP contribution in [0.5, 0.6) is 5.75 Å². The molecule has 0 aliphatic rings. The lowest BCUT2D eigenvalue weighted by atomic mass is 10.3. The van der Waals surface area contributed by atoms with E-state index in [0.29, 0.717) is 5.75 Å². The summed E-state index contributed by atoms with van der Waals surface area (Å²) < 4.78 is 0. The van der Waals surface area contributed by atoms with Crippen molar-refractivity contribution in [2.75, 3.05) is 0 Å². The molecule has 0 aliphatic carbocycles. The Balaban J connectivity index is 1.52. The largest absolute Gasteiger partial charge is 0.357 e. The average Bonchev–Trinajstić information content (AvgIpc) is 3.20. The molecule has 0 aliphatic heterocycles. The molecule has 126 valence electrons. The van der Waals surface area contributed by atoms with E-state index in [4.69, 9.17) is 4.84 Å². The predicted molar refractivity (Wildman–Crippen MR) is 103 cm³/mol. The van der Waals surface area contributed by atoms with E-state index >= 15 is 0 Å². The molecule has 3 aromatic heterocycles. The molecule has 26 heavy (non-hydrogen) atoms. The van der Waals surface area contributed by atoms with E-state index in [1.807, 2.05) is 66.9 Å². The number of aromatic nitrogens is 3. The zero-order valence-electron chi connectivity index (χ0n) is 13.7. The van der Waals surface area contributed by atoms with Crippen LogP contribution in [0.3, 0.4) is 0 Å². The smallest absolute Gasteiger partial charge is 0.157 e. The first-order valence-electron chi connectivity index (χ1n) is 7.97. The van der Waals surface area contributed by atoms with Gasteiger partial charge < -0.3 is 4.84 Å². The summed E-state index contributed by atoms with van der Waals surface area (Å²) >= 11 is 1.58. The fraction of sp³-hybridized carbons (Fsp3) is 0. The van der Waals surface area contributed by atoms with Crippen LogP contribution in [-0.4, -0.2) is 21.2 Å². The van der Waals surface area contributed by atoms with Crippen LogP contribution < -0.4 is 4.84 Å². The van der Waals surface area contributed by atoms with Gasteiger partial charge in [0.1, 0.15) is 5.01 Å². The Kier molecular flexibility index (Phi) is 4.75. The summed E-state index contributed by atoms with van der Waals surface area (Å²) in [5.74, 6) is 0.684. The number of nitrogens with zero attached hydrogens (tertiary/aromatic N) is 4. The van der Waals surface area contributed by atoms with Crippen molar-refractivity contribution in [1.29, 1.82) is 0 Å². The molecule has 0 amide bonds. The summed E-state index contributed by atoms with van der Waals surface area (Å²) in [5.41, 5.74) is 2.56. The summed E-state index contributed by atoms with van der Waals surface area (Å²) in [6.45, 7) is 0. The number of para-hydroxylation sites is 1. The maximum absolute atomic E-state index is 5.33. The zero-order chi connectivity index (χ0) is 17.6. The molecular formula is C20H14N4OS. The Labute approximate surface area is 154 Å². The number of pyridine rings is 2. The molecule has 4 aromatic rings. The van der Waals surface area contributed by atoms with Gasteiger partial charge in [0.2, 0.25) is 0 Å². The summed E-state index contributed by atoms with van der Waals surface area (Å²) in [4.78, 5) is 19.5. The van der Waals surface area contributed by atoms with Crippen molar-refractivity contribution in [3.05, 3.63) is 84.9 Å². The molecule has 0 atom stereocenters. The fourth-order valence-corrected chi connectivity index (χ4v) is 3.17. The summed E-state index contributed by atoms with van der Waals surface area (Å²) in [7, 11) is 0. The van der Waals surface area contributed by atoms with Crippen LogP contribution in [0.25, 0.3) is 21.1 Å². The lowest BCUT2D eigenvalue weighted by molar-refractivity contribution is 0.344. The third-order valence-corrected chi connectivity index (χ3v) is 4.59. The van der Waals surface area contributed by atoms with Gasteiger partial charge in [0.15, 0.2) is 5.75 Å². The van der Waals surface area contributed by atoms with Gasteiger partial charge in [-0.15, -0.1) is 11.3 Å². The van der Waals surface area contributed by atoms with Crippen molar-refractivity contribution >= 4 is 17.6 Å². The van der Waals surface area contributed by atoms with E-state index < -0.39 is 0 Å². The lowest BCUT2D eigenvalue weighted by Gasteiger charge is -1.99. The van der Waals surface area contributed by atoms with Crippen molar-refractivity contribution in [1.82, 2.24) is 15.0 Å². The zero-order valence-corrected chi connectivity index (χ0v) is 14.5. The van der Waals surface area contributed by atoms with Crippen molar-refractivity contribution in [2.45, 2.75) is 0 Å². The van der Waals surface area contributed by atoms with Crippen molar-refractivity contribution < 1.29 is 4.84 Å². The monoisotopic (exact) mass is 358 g/mol. The second-order valence-corrected chi connectivity index (χ2v) is 6.39. The number of thiazole rings is 1. The standard InChI is InChI=1S/C20H14N4OS/c1-2-8-17(9-3-1)25-23-13-16-7-4-10-18(24-16)19-14-22-20(26-19)15-6-5-11-21-12-15/h1-14H/b23-13+. The highest BCUT2D eigenvalue weighted by Crippen LogP contribution is 2.30. The van der Waals surface area contributed by atoms with E-state index in [2.05, 4.69) is 20.1 Å². The number of hydrogen-bond donors (Lipinski definition) is 0. The van der Waals surface area contributed by atoms with Gasteiger partial charge in [-0.25, -0.2) is 9.97 Å². The molecule has 0 unspecified atom stereocenters. The van der Waals surface area contributed by atoms with Crippen LogP contribution in [0.4, 0.5) is 0 Å².